The van der Waals surface area contributed by atoms with Crippen molar-refractivity contribution in [1.29, 1.82) is 0 Å². The van der Waals surface area contributed by atoms with Crippen molar-refractivity contribution in [3.8, 4) is 0 Å². The summed E-state index contributed by atoms with van der Waals surface area (Å²) < 4.78 is 0. The molecule has 4 nitrogen and oxygen atoms in total. The minimum atomic E-state index is 0.306. The fourth-order valence-electron chi connectivity index (χ4n) is 2.53. The van der Waals surface area contributed by atoms with Gasteiger partial charge in [-0.15, -0.1) is 0 Å². The average molecular weight is 235 g/mol. The van der Waals surface area contributed by atoms with Crippen molar-refractivity contribution in [3.05, 3.63) is 17.8 Å². The number of hydrogen-bond acceptors (Lipinski definition) is 4. The minimum Gasteiger partial charge on any atom is -0.397 e. The van der Waals surface area contributed by atoms with Crippen LogP contribution in [0.15, 0.2) is 12.1 Å². The molecule has 1 saturated carbocycles. The van der Waals surface area contributed by atoms with Crippen LogP contribution >= 0.6 is 0 Å². The van der Waals surface area contributed by atoms with Crippen molar-refractivity contribution < 1.29 is 5.11 Å². The van der Waals surface area contributed by atoms with Gasteiger partial charge in [0.05, 0.1) is 11.4 Å². The maximum Gasteiger partial charge on any atom is 0.126 e. The molecule has 4 heteroatoms. The van der Waals surface area contributed by atoms with Crippen LogP contribution in [-0.2, 0) is 0 Å². The monoisotopic (exact) mass is 235 g/mol. The number of nitrogens with one attached hydrogen (secondary N) is 1. The van der Waals surface area contributed by atoms with Crippen LogP contribution in [0.4, 0.5) is 11.5 Å². The number of nitrogen functional groups attached to an aromatic ring is 1. The topological polar surface area (TPSA) is 71.2 Å². The lowest BCUT2D eigenvalue weighted by atomic mass is 9.97. The van der Waals surface area contributed by atoms with Gasteiger partial charge in [-0.1, -0.05) is 6.42 Å². The molecule has 1 aromatic rings. The van der Waals surface area contributed by atoms with Crippen LogP contribution in [0.2, 0.25) is 0 Å². The van der Waals surface area contributed by atoms with E-state index in [9.17, 15) is 5.11 Å². The van der Waals surface area contributed by atoms with Gasteiger partial charge in [0.1, 0.15) is 5.82 Å². The van der Waals surface area contributed by atoms with Crippen LogP contribution in [0.3, 0.4) is 0 Å². The molecule has 17 heavy (non-hydrogen) atoms. The molecule has 0 saturated heterocycles. The maximum absolute atomic E-state index is 9.25. The quantitative estimate of drug-likeness (QED) is 0.744. The number of aliphatic hydroxyl groups is 1. The average Bonchev–Trinajstić information content (AvgIpc) is 2.78. The third kappa shape index (κ3) is 2.88. The van der Waals surface area contributed by atoms with Crippen LogP contribution in [0, 0.1) is 18.8 Å². The summed E-state index contributed by atoms with van der Waals surface area (Å²) in [5, 5.41) is 12.6. The van der Waals surface area contributed by atoms with E-state index in [1.165, 1.54) is 12.8 Å². The number of aliphatic hydroxyl groups excluding tert-OH is 1. The fourth-order valence-corrected chi connectivity index (χ4v) is 2.53. The highest BCUT2D eigenvalue weighted by molar-refractivity contribution is 5.49. The van der Waals surface area contributed by atoms with E-state index in [2.05, 4.69) is 10.3 Å². The van der Waals surface area contributed by atoms with E-state index in [4.69, 9.17) is 5.73 Å². The number of pyridine rings is 1. The Morgan fingerprint density at radius 2 is 2.18 bits per heavy atom. The van der Waals surface area contributed by atoms with Crippen molar-refractivity contribution in [2.45, 2.75) is 26.2 Å². The lowest BCUT2D eigenvalue weighted by molar-refractivity contribution is 0.199. The summed E-state index contributed by atoms with van der Waals surface area (Å²) in [6, 6.07) is 3.79. The SMILES string of the molecule is Cc1nc(NCC2CCCC2CO)ccc1N. The Balaban J connectivity index is 1.91. The predicted molar refractivity (Wildman–Crippen MR) is 69.8 cm³/mol. The third-order valence-electron chi connectivity index (χ3n) is 3.72. The Morgan fingerprint density at radius 1 is 1.41 bits per heavy atom. The zero-order valence-electron chi connectivity index (χ0n) is 10.3. The number of anilines is 2. The summed E-state index contributed by atoms with van der Waals surface area (Å²) in [4.78, 5) is 4.39. The Morgan fingerprint density at radius 3 is 2.88 bits per heavy atom. The first-order valence-electron chi connectivity index (χ1n) is 6.28. The third-order valence-corrected chi connectivity index (χ3v) is 3.72. The zero-order chi connectivity index (χ0) is 12.3. The molecule has 0 bridgehead atoms. The lowest BCUT2D eigenvalue weighted by Gasteiger charge is -2.18. The summed E-state index contributed by atoms with van der Waals surface area (Å²) in [6.45, 7) is 3.11. The molecule has 0 aromatic carbocycles. The molecule has 2 unspecified atom stereocenters. The summed E-state index contributed by atoms with van der Waals surface area (Å²) in [5.41, 5.74) is 7.32. The van der Waals surface area contributed by atoms with Crippen molar-refractivity contribution in [2.75, 3.05) is 24.2 Å². The fraction of sp³-hybridized carbons (Fsp3) is 0.615. The number of aromatic nitrogens is 1. The molecule has 2 atom stereocenters. The van der Waals surface area contributed by atoms with Crippen molar-refractivity contribution in [1.82, 2.24) is 4.98 Å². The molecule has 0 amide bonds. The molecule has 0 aliphatic heterocycles. The van der Waals surface area contributed by atoms with E-state index in [0.717, 1.165) is 30.2 Å². The number of aryl methyl sites for hydroxylation is 1. The molecule has 1 heterocycles. The predicted octanol–water partition coefficient (Wildman–Crippen LogP) is 1.79. The largest absolute Gasteiger partial charge is 0.397 e. The lowest BCUT2D eigenvalue weighted by Crippen LogP contribution is -2.21. The molecule has 1 aliphatic rings. The van der Waals surface area contributed by atoms with Gasteiger partial charge in [0.15, 0.2) is 0 Å². The smallest absolute Gasteiger partial charge is 0.126 e. The van der Waals surface area contributed by atoms with Crippen LogP contribution in [-0.4, -0.2) is 23.2 Å². The summed E-state index contributed by atoms with van der Waals surface area (Å²) in [7, 11) is 0. The summed E-state index contributed by atoms with van der Waals surface area (Å²) in [6.07, 6.45) is 3.58. The highest BCUT2D eigenvalue weighted by Crippen LogP contribution is 2.31. The molecule has 1 aliphatic carbocycles. The molecule has 2 rings (SSSR count). The van der Waals surface area contributed by atoms with E-state index in [1.54, 1.807) is 0 Å². The Bertz CT molecular complexity index is 381. The van der Waals surface area contributed by atoms with Crippen LogP contribution in [0.25, 0.3) is 0 Å². The van der Waals surface area contributed by atoms with Gasteiger partial charge in [0.2, 0.25) is 0 Å². The molecule has 94 valence electrons. The van der Waals surface area contributed by atoms with Gasteiger partial charge in [0.25, 0.3) is 0 Å². The van der Waals surface area contributed by atoms with E-state index in [0.29, 0.717) is 18.4 Å². The zero-order valence-corrected chi connectivity index (χ0v) is 10.3. The van der Waals surface area contributed by atoms with E-state index in [1.807, 2.05) is 19.1 Å². The summed E-state index contributed by atoms with van der Waals surface area (Å²) in [5.74, 6) is 1.90. The van der Waals surface area contributed by atoms with Gasteiger partial charge < -0.3 is 16.2 Å². The molecular weight excluding hydrogens is 214 g/mol. The first-order chi connectivity index (χ1) is 8.20. The van der Waals surface area contributed by atoms with E-state index < -0.39 is 0 Å². The molecule has 0 radical (unpaired) electrons. The number of nitrogens with two attached hydrogens (primary N) is 1. The van der Waals surface area contributed by atoms with Crippen molar-refractivity contribution >= 4 is 11.5 Å². The minimum absolute atomic E-state index is 0.306. The second-order valence-corrected chi connectivity index (χ2v) is 4.89. The first kappa shape index (κ1) is 12.2. The van der Waals surface area contributed by atoms with Gasteiger partial charge >= 0.3 is 0 Å². The van der Waals surface area contributed by atoms with Crippen LogP contribution in [0.5, 0.6) is 0 Å². The van der Waals surface area contributed by atoms with Gasteiger partial charge in [-0.05, 0) is 43.7 Å². The van der Waals surface area contributed by atoms with Crippen molar-refractivity contribution in [3.63, 3.8) is 0 Å². The van der Waals surface area contributed by atoms with Crippen LogP contribution in [0.1, 0.15) is 25.0 Å². The highest BCUT2D eigenvalue weighted by atomic mass is 16.3. The van der Waals surface area contributed by atoms with Crippen molar-refractivity contribution in [2.24, 2.45) is 11.8 Å². The Labute approximate surface area is 102 Å². The number of nitrogens with zero attached hydrogens (tertiary/aromatic N) is 1. The standard InChI is InChI=1S/C13H21N3O/c1-9-12(14)5-6-13(16-9)15-7-10-3-2-4-11(10)8-17/h5-6,10-11,17H,2-4,7-8,14H2,1H3,(H,15,16). The van der Waals surface area contributed by atoms with Gasteiger partial charge in [-0.25, -0.2) is 4.98 Å². The van der Waals surface area contributed by atoms with E-state index in [-0.39, 0.29) is 0 Å². The molecule has 1 aromatic heterocycles. The summed E-state index contributed by atoms with van der Waals surface area (Å²) >= 11 is 0. The molecule has 0 spiro atoms. The molecular formula is C13H21N3O. The molecule has 1 fully saturated rings. The normalized spacial score (nSPS) is 23.9. The second-order valence-electron chi connectivity index (χ2n) is 4.89. The van der Waals surface area contributed by atoms with Crippen LogP contribution < -0.4 is 11.1 Å². The number of hydrogen-bond donors (Lipinski definition) is 3. The van der Waals surface area contributed by atoms with E-state index >= 15 is 0 Å². The maximum atomic E-state index is 9.25. The Kier molecular flexibility index (Phi) is 3.84. The molecule has 4 N–H and O–H groups in total. The van der Waals surface area contributed by atoms with Gasteiger partial charge in [0, 0.05) is 13.2 Å². The first-order valence-corrected chi connectivity index (χ1v) is 6.28. The van der Waals surface area contributed by atoms with Gasteiger partial charge in [-0.3, -0.25) is 0 Å². The Hall–Kier alpha value is -1.29. The highest BCUT2D eigenvalue weighted by Gasteiger charge is 2.26. The van der Waals surface area contributed by atoms with Gasteiger partial charge in [-0.2, -0.15) is 0 Å². The second kappa shape index (κ2) is 5.36. The number of rotatable bonds is 4.